The zero-order valence-corrected chi connectivity index (χ0v) is 16.9. The Labute approximate surface area is 180 Å². The fourth-order valence-electron chi connectivity index (χ4n) is 3.03. The van der Waals surface area contributed by atoms with Crippen LogP contribution in [-0.4, -0.2) is 26.8 Å². The maximum absolute atomic E-state index is 13.3. The predicted octanol–water partition coefficient (Wildman–Crippen LogP) is 2.86. The van der Waals surface area contributed by atoms with Crippen molar-refractivity contribution in [3.8, 4) is 0 Å². The highest BCUT2D eigenvalue weighted by molar-refractivity contribution is 7.99. The molecule has 2 heterocycles. The average molecular weight is 436 g/mol. The van der Waals surface area contributed by atoms with Crippen LogP contribution in [0.25, 0.3) is 10.9 Å². The Kier molecular flexibility index (Phi) is 5.54. The Morgan fingerprint density at radius 3 is 2.81 bits per heavy atom. The summed E-state index contributed by atoms with van der Waals surface area (Å²) in [6, 6.07) is 11.2. The number of nitrogens with zero attached hydrogens (tertiary/aromatic N) is 2. The second kappa shape index (κ2) is 8.44. The Morgan fingerprint density at radius 2 is 2.00 bits per heavy atom. The van der Waals surface area contributed by atoms with Gasteiger partial charge in [0.15, 0.2) is 11.5 Å². The zero-order valence-electron chi connectivity index (χ0n) is 16.1. The lowest BCUT2D eigenvalue weighted by atomic mass is 10.1. The van der Waals surface area contributed by atoms with E-state index >= 15 is 0 Å². The number of nitrogens with one attached hydrogen (secondary N) is 2. The number of hydrogen-bond acceptors (Lipinski definition) is 6. The molecule has 0 atom stereocenters. The monoisotopic (exact) mass is 436 g/mol. The Hall–Kier alpha value is -3.92. The molecule has 0 saturated carbocycles. The van der Waals surface area contributed by atoms with Crippen LogP contribution in [0.3, 0.4) is 0 Å². The van der Waals surface area contributed by atoms with Gasteiger partial charge in [-0.05, 0) is 35.9 Å². The third kappa shape index (κ3) is 4.33. The second-order valence-corrected chi connectivity index (χ2v) is 7.65. The lowest BCUT2D eigenvalue weighted by Crippen LogP contribution is -2.25. The van der Waals surface area contributed by atoms with Crippen molar-refractivity contribution in [2.24, 2.45) is 5.73 Å². The molecule has 0 aliphatic heterocycles. The number of benzene rings is 2. The van der Waals surface area contributed by atoms with E-state index in [2.05, 4.69) is 20.3 Å². The number of carbonyl (C=O) groups excluding carboxylic acids is 2. The molecule has 0 unspecified atom stereocenters. The number of nitrogen functional groups attached to an aromatic ring is 1. The molecule has 156 valence electrons. The fourth-order valence-corrected chi connectivity index (χ4v) is 3.93. The number of primary amides is 1. The molecule has 8 nitrogen and oxygen atoms in total. The van der Waals surface area contributed by atoms with Crippen molar-refractivity contribution in [1.82, 2.24) is 20.3 Å². The van der Waals surface area contributed by atoms with Gasteiger partial charge in [0.1, 0.15) is 10.8 Å². The van der Waals surface area contributed by atoms with Crippen molar-refractivity contribution in [2.75, 3.05) is 5.73 Å². The molecule has 4 aromatic rings. The Morgan fingerprint density at radius 1 is 1.19 bits per heavy atom. The van der Waals surface area contributed by atoms with Gasteiger partial charge in [-0.3, -0.25) is 9.59 Å². The van der Waals surface area contributed by atoms with Crippen molar-refractivity contribution in [2.45, 2.75) is 16.5 Å². The van der Waals surface area contributed by atoms with Crippen LogP contribution in [0.4, 0.5) is 10.2 Å². The zero-order chi connectivity index (χ0) is 22.0. The van der Waals surface area contributed by atoms with Crippen LogP contribution < -0.4 is 16.8 Å². The average Bonchev–Trinajstić information content (AvgIpc) is 3.15. The van der Waals surface area contributed by atoms with E-state index in [9.17, 15) is 14.0 Å². The third-order valence-electron chi connectivity index (χ3n) is 4.53. The molecule has 0 spiro atoms. The minimum absolute atomic E-state index is 0.0222. The number of carbonyl (C=O) groups is 2. The summed E-state index contributed by atoms with van der Waals surface area (Å²) in [7, 11) is 0. The molecule has 2 aromatic heterocycles. The van der Waals surface area contributed by atoms with Crippen molar-refractivity contribution < 1.29 is 14.0 Å². The number of H-pyrrole nitrogens is 1. The molecular weight excluding hydrogens is 419 g/mol. The number of nitrogens with two attached hydrogens (primary N) is 2. The lowest BCUT2D eigenvalue weighted by molar-refractivity contribution is 0.0944. The van der Waals surface area contributed by atoms with Crippen LogP contribution >= 0.6 is 11.8 Å². The molecular formula is C21H17FN6O2S. The smallest absolute Gasteiger partial charge is 0.274 e. The van der Waals surface area contributed by atoms with E-state index in [1.165, 1.54) is 18.3 Å². The van der Waals surface area contributed by atoms with Crippen LogP contribution in [-0.2, 0) is 6.54 Å². The number of rotatable bonds is 6. The van der Waals surface area contributed by atoms with Crippen LogP contribution in [0.15, 0.2) is 64.8 Å². The van der Waals surface area contributed by atoms with Crippen LogP contribution in [0.5, 0.6) is 0 Å². The molecule has 4 rings (SSSR count). The highest BCUT2D eigenvalue weighted by atomic mass is 32.2. The molecule has 6 N–H and O–H groups in total. The quantitative estimate of drug-likeness (QED) is 0.366. The number of amides is 2. The predicted molar refractivity (Wildman–Crippen MR) is 115 cm³/mol. The standard InChI is InChI=1S/C21H17FN6O2S/c22-12-5-6-13-11(8-25-15(13)7-12)9-27-21(30)18-19(23)26-10-17(28-18)31-16-4-2-1-3-14(16)20(24)29/h1-8,10,25H,9H2,(H2,23,26)(H2,24,29)(H,27,30). The maximum Gasteiger partial charge on any atom is 0.274 e. The van der Waals surface area contributed by atoms with E-state index in [1.54, 1.807) is 36.5 Å². The first-order chi connectivity index (χ1) is 14.9. The summed E-state index contributed by atoms with van der Waals surface area (Å²) in [4.78, 5) is 36.2. The minimum atomic E-state index is -0.567. The SMILES string of the molecule is NC(=O)c1ccccc1Sc1cnc(N)c(C(=O)NCc2c[nH]c3cc(F)ccc23)n1. The number of aromatic amines is 1. The normalized spacial score (nSPS) is 10.9. The number of aromatic nitrogens is 3. The van der Waals surface area contributed by atoms with Gasteiger partial charge in [0.2, 0.25) is 5.91 Å². The largest absolute Gasteiger partial charge is 0.382 e. The topological polar surface area (TPSA) is 140 Å². The van der Waals surface area contributed by atoms with E-state index in [-0.39, 0.29) is 23.9 Å². The van der Waals surface area contributed by atoms with Gasteiger partial charge in [-0.2, -0.15) is 0 Å². The first kappa shape index (κ1) is 20.4. The molecule has 2 aromatic carbocycles. The molecule has 0 bridgehead atoms. The van der Waals surface area contributed by atoms with Crippen molar-refractivity contribution in [3.05, 3.63) is 77.5 Å². The van der Waals surface area contributed by atoms with Crippen LogP contribution in [0.2, 0.25) is 0 Å². The van der Waals surface area contributed by atoms with Gasteiger partial charge < -0.3 is 21.8 Å². The Balaban J connectivity index is 1.52. The number of hydrogen-bond donors (Lipinski definition) is 4. The first-order valence-electron chi connectivity index (χ1n) is 9.15. The van der Waals surface area contributed by atoms with E-state index < -0.39 is 11.8 Å². The van der Waals surface area contributed by atoms with Gasteiger partial charge in [0.25, 0.3) is 5.91 Å². The molecule has 0 radical (unpaired) electrons. The van der Waals surface area contributed by atoms with E-state index in [4.69, 9.17) is 11.5 Å². The molecule has 0 saturated heterocycles. The van der Waals surface area contributed by atoms with E-state index in [1.807, 2.05) is 0 Å². The van der Waals surface area contributed by atoms with Gasteiger partial charge >= 0.3 is 0 Å². The molecule has 31 heavy (non-hydrogen) atoms. The van der Waals surface area contributed by atoms with Gasteiger partial charge in [-0.15, -0.1) is 0 Å². The summed E-state index contributed by atoms with van der Waals surface area (Å²) < 4.78 is 13.3. The minimum Gasteiger partial charge on any atom is -0.382 e. The van der Waals surface area contributed by atoms with Gasteiger partial charge in [0, 0.05) is 28.5 Å². The van der Waals surface area contributed by atoms with Crippen molar-refractivity contribution in [1.29, 1.82) is 0 Å². The lowest BCUT2D eigenvalue weighted by Gasteiger charge is -2.09. The summed E-state index contributed by atoms with van der Waals surface area (Å²) in [6.07, 6.45) is 3.12. The van der Waals surface area contributed by atoms with Crippen molar-refractivity contribution in [3.63, 3.8) is 0 Å². The number of fused-ring (bicyclic) bond motifs is 1. The molecule has 0 aliphatic rings. The van der Waals surface area contributed by atoms with Crippen LogP contribution in [0, 0.1) is 5.82 Å². The highest BCUT2D eigenvalue weighted by Gasteiger charge is 2.17. The maximum atomic E-state index is 13.3. The Bertz CT molecular complexity index is 1310. The van der Waals surface area contributed by atoms with E-state index in [0.29, 0.717) is 21.0 Å². The first-order valence-corrected chi connectivity index (χ1v) is 9.97. The summed E-state index contributed by atoms with van der Waals surface area (Å²) in [5, 5.41) is 3.94. The fraction of sp³-hybridized carbons (Fsp3) is 0.0476. The number of anilines is 1. The van der Waals surface area contributed by atoms with Gasteiger partial charge in [-0.1, -0.05) is 23.9 Å². The van der Waals surface area contributed by atoms with Crippen molar-refractivity contribution >= 4 is 40.3 Å². The summed E-state index contributed by atoms with van der Waals surface area (Å²) in [5.41, 5.74) is 13.0. The van der Waals surface area contributed by atoms with E-state index in [0.717, 1.165) is 22.7 Å². The summed E-state index contributed by atoms with van der Waals surface area (Å²) >= 11 is 1.15. The summed E-state index contributed by atoms with van der Waals surface area (Å²) in [6.45, 7) is 0.188. The van der Waals surface area contributed by atoms with Gasteiger partial charge in [0.05, 0.1) is 11.8 Å². The number of halogens is 1. The molecule has 10 heteroatoms. The van der Waals surface area contributed by atoms with Crippen LogP contribution in [0.1, 0.15) is 26.4 Å². The second-order valence-electron chi connectivity index (χ2n) is 6.59. The third-order valence-corrected chi connectivity index (χ3v) is 5.51. The summed E-state index contributed by atoms with van der Waals surface area (Å²) in [5.74, 6) is -1.44. The highest BCUT2D eigenvalue weighted by Crippen LogP contribution is 2.29. The van der Waals surface area contributed by atoms with Gasteiger partial charge in [-0.25, -0.2) is 14.4 Å². The molecule has 0 fully saturated rings. The molecule has 2 amide bonds. The molecule has 0 aliphatic carbocycles.